The molecule has 0 bridgehead atoms. The lowest BCUT2D eigenvalue weighted by Gasteiger charge is -2.39. The number of nitrogens with two attached hydrogens (primary N) is 1. The summed E-state index contributed by atoms with van der Waals surface area (Å²) in [6, 6.07) is 0.910. The van der Waals surface area contributed by atoms with E-state index in [1.54, 1.807) is 11.8 Å². The van der Waals surface area contributed by atoms with Crippen LogP contribution in [0.1, 0.15) is 72.4 Å². The topological polar surface area (TPSA) is 135 Å². The molecule has 3 N–H and O–H groups in total. The van der Waals surface area contributed by atoms with Crippen LogP contribution in [0.3, 0.4) is 0 Å². The predicted octanol–water partition coefficient (Wildman–Crippen LogP) is 4.11. The molecule has 0 radical (unpaired) electrons. The third-order valence-corrected chi connectivity index (χ3v) is 11.4. The van der Waals surface area contributed by atoms with Crippen molar-refractivity contribution in [2.75, 3.05) is 43.4 Å². The van der Waals surface area contributed by atoms with Gasteiger partial charge in [-0.3, -0.25) is 4.90 Å². The fraction of sp³-hybridized carbons (Fsp3) is 0.621. The van der Waals surface area contributed by atoms with E-state index in [9.17, 15) is 35.5 Å². The number of aryl methyl sites for hydroxylation is 1. The van der Waals surface area contributed by atoms with Gasteiger partial charge in [0.05, 0.1) is 33.8 Å². The zero-order chi connectivity index (χ0) is 32.5. The number of nitrogen functional groups attached to an aromatic ring is 1. The average molecular weight is 659 g/mol. The van der Waals surface area contributed by atoms with Crippen LogP contribution in [0.4, 0.5) is 33.6 Å². The van der Waals surface area contributed by atoms with Crippen LogP contribution in [0.15, 0.2) is 17.7 Å². The maximum Gasteiger partial charge on any atom is 0.418 e. The van der Waals surface area contributed by atoms with E-state index in [0.29, 0.717) is 32.4 Å². The second-order valence-electron chi connectivity index (χ2n) is 13.0. The number of nitrogens with zero attached hydrogens (tertiary/aromatic N) is 5. The van der Waals surface area contributed by atoms with Gasteiger partial charge in [0, 0.05) is 37.2 Å². The highest BCUT2D eigenvalue weighted by molar-refractivity contribution is 7.91. The number of sulfone groups is 1. The van der Waals surface area contributed by atoms with Crippen molar-refractivity contribution in [3.63, 3.8) is 0 Å². The molecule has 16 heteroatoms. The number of halogens is 5. The van der Waals surface area contributed by atoms with E-state index >= 15 is 0 Å². The Morgan fingerprint density at radius 1 is 1.18 bits per heavy atom. The molecule has 6 rings (SSSR count). The molecule has 6 heterocycles. The summed E-state index contributed by atoms with van der Waals surface area (Å²) in [7, 11) is -4.27. The molecule has 0 amide bonds. The number of rotatable bonds is 5. The molecule has 10 nitrogen and oxygen atoms in total. The smallest absolute Gasteiger partial charge is 0.418 e. The van der Waals surface area contributed by atoms with Crippen LogP contribution in [0.5, 0.6) is 6.01 Å². The Morgan fingerprint density at radius 3 is 2.60 bits per heavy atom. The Balaban J connectivity index is 1.42. The summed E-state index contributed by atoms with van der Waals surface area (Å²) in [5.41, 5.74) is 2.39. The number of anilines is 2. The van der Waals surface area contributed by atoms with E-state index in [1.807, 2.05) is 4.90 Å². The van der Waals surface area contributed by atoms with Crippen molar-refractivity contribution >= 4 is 21.5 Å². The summed E-state index contributed by atoms with van der Waals surface area (Å²) in [5.74, 6) is -0.683. The first kappa shape index (κ1) is 31.9. The monoisotopic (exact) mass is 658 g/mol. The molecule has 4 aliphatic heterocycles. The molecule has 4 aliphatic rings. The quantitative estimate of drug-likeness (QED) is 0.452. The number of piperidine rings is 1. The summed E-state index contributed by atoms with van der Waals surface area (Å²) in [5, 5.41) is 9.13. The van der Waals surface area contributed by atoms with E-state index < -0.39 is 61.9 Å². The molecule has 0 aliphatic carbocycles. The lowest BCUT2D eigenvalue weighted by Crippen LogP contribution is -2.47. The Labute approximate surface area is 257 Å². The number of alkyl halides is 3. The van der Waals surface area contributed by atoms with Crippen molar-refractivity contribution in [3.8, 4) is 6.01 Å². The molecule has 0 saturated carbocycles. The molecular weight excluding hydrogens is 623 g/mol. The maximum absolute atomic E-state index is 14.2. The van der Waals surface area contributed by atoms with Crippen LogP contribution in [0.25, 0.3) is 0 Å². The standard InChI is InChI=1S/C29H35F5N6O4S/c1-16-9-21(35)37-23(22(16)29(32,33)34)20-10-19-18(13-45(20,42)43)25(39-7-3-5-27(2,41)14-39)38-26(36-19)44-15-28-6-4-8-40(28)12-17(11-28)24(30)31/h9,20,41H,3-8,10-15H2,1-2H3,(H2,35,37)/t20-,27+,28-/m0/s1. The number of fused-ring (bicyclic) bond motifs is 2. The number of ether oxygens (including phenoxy) is 1. The first-order valence-corrected chi connectivity index (χ1v) is 16.5. The van der Waals surface area contributed by atoms with Gasteiger partial charge in [-0.25, -0.2) is 13.4 Å². The summed E-state index contributed by atoms with van der Waals surface area (Å²) in [4.78, 5) is 16.7. The van der Waals surface area contributed by atoms with Gasteiger partial charge >= 0.3 is 12.2 Å². The Bertz CT molecular complexity index is 1660. The van der Waals surface area contributed by atoms with Crippen LogP contribution in [0, 0.1) is 6.92 Å². The minimum Gasteiger partial charge on any atom is -0.461 e. The minimum atomic E-state index is -4.89. The largest absolute Gasteiger partial charge is 0.461 e. The second kappa shape index (κ2) is 11.0. The fourth-order valence-corrected chi connectivity index (χ4v) is 9.22. The van der Waals surface area contributed by atoms with Gasteiger partial charge in [-0.2, -0.15) is 31.9 Å². The maximum atomic E-state index is 14.2. The molecule has 2 aromatic rings. The number of pyridine rings is 1. The van der Waals surface area contributed by atoms with E-state index in [0.717, 1.165) is 12.5 Å². The molecule has 0 aromatic carbocycles. The van der Waals surface area contributed by atoms with Crippen molar-refractivity contribution in [2.45, 2.75) is 80.7 Å². The van der Waals surface area contributed by atoms with Crippen LogP contribution < -0.4 is 15.4 Å². The highest BCUT2D eigenvalue weighted by atomic mass is 32.2. The number of β-amino-alcohol motifs (C(OH)–C–C–N with tert-alkyl or cyclic N) is 1. The third kappa shape index (κ3) is 5.96. The fourth-order valence-electron chi connectivity index (χ4n) is 7.40. The average Bonchev–Trinajstić information content (AvgIpc) is 3.47. The predicted molar refractivity (Wildman–Crippen MR) is 154 cm³/mol. The molecule has 3 fully saturated rings. The van der Waals surface area contributed by atoms with Crippen molar-refractivity contribution in [1.29, 1.82) is 0 Å². The number of hydrogen-bond donors (Lipinski definition) is 2. The van der Waals surface area contributed by atoms with Gasteiger partial charge in [0.2, 0.25) is 0 Å². The zero-order valence-electron chi connectivity index (χ0n) is 24.9. The normalized spacial score (nSPS) is 28.2. The molecule has 3 atom stereocenters. The SMILES string of the molecule is Cc1cc(N)nc([C@@H]2Cc3nc(OC[C@@]45CCCN4CC(=C(F)F)C5)nc(N4CCC[C@@](C)(O)C4)c3CS2(=O)=O)c1C(F)(F)F. The summed E-state index contributed by atoms with van der Waals surface area (Å²) >= 11 is 0. The molecule has 2 aromatic heterocycles. The van der Waals surface area contributed by atoms with Crippen LogP contribution in [-0.4, -0.2) is 77.3 Å². The highest BCUT2D eigenvalue weighted by Gasteiger charge is 2.49. The zero-order valence-corrected chi connectivity index (χ0v) is 25.7. The van der Waals surface area contributed by atoms with Gasteiger partial charge in [0.15, 0.2) is 9.84 Å². The molecule has 0 unspecified atom stereocenters. The van der Waals surface area contributed by atoms with Crippen molar-refractivity contribution in [3.05, 3.63) is 45.8 Å². The van der Waals surface area contributed by atoms with Crippen molar-refractivity contribution in [1.82, 2.24) is 19.9 Å². The van der Waals surface area contributed by atoms with Crippen LogP contribution >= 0.6 is 0 Å². The highest BCUT2D eigenvalue weighted by Crippen LogP contribution is 2.46. The van der Waals surface area contributed by atoms with Gasteiger partial charge < -0.3 is 20.5 Å². The lowest BCUT2D eigenvalue weighted by atomic mass is 9.94. The van der Waals surface area contributed by atoms with Gasteiger partial charge in [-0.1, -0.05) is 0 Å². The minimum absolute atomic E-state index is 0.00433. The summed E-state index contributed by atoms with van der Waals surface area (Å²) < 4.78 is 103. The van der Waals surface area contributed by atoms with E-state index in [2.05, 4.69) is 15.0 Å². The molecular formula is C29H35F5N6O4S. The van der Waals surface area contributed by atoms with Crippen LogP contribution in [0.2, 0.25) is 0 Å². The molecule has 246 valence electrons. The van der Waals surface area contributed by atoms with E-state index in [-0.39, 0.29) is 66.2 Å². The molecule has 3 saturated heterocycles. The lowest BCUT2D eigenvalue weighted by molar-refractivity contribution is -0.139. The second-order valence-corrected chi connectivity index (χ2v) is 15.2. The molecule has 45 heavy (non-hydrogen) atoms. The Morgan fingerprint density at radius 2 is 1.91 bits per heavy atom. The van der Waals surface area contributed by atoms with Crippen molar-refractivity contribution in [2.24, 2.45) is 0 Å². The number of aliphatic hydroxyl groups is 1. The first-order chi connectivity index (χ1) is 21.0. The van der Waals surface area contributed by atoms with Gasteiger partial charge in [-0.15, -0.1) is 0 Å². The van der Waals surface area contributed by atoms with Crippen LogP contribution in [-0.2, 0) is 28.2 Å². The Hall–Kier alpha value is -3.11. The number of hydrogen-bond acceptors (Lipinski definition) is 10. The molecule has 0 spiro atoms. The van der Waals surface area contributed by atoms with Crippen molar-refractivity contribution < 1.29 is 40.2 Å². The number of aromatic nitrogens is 3. The Kier molecular flexibility index (Phi) is 7.79. The third-order valence-electron chi connectivity index (χ3n) is 9.44. The van der Waals surface area contributed by atoms with E-state index in [1.165, 1.54) is 6.92 Å². The van der Waals surface area contributed by atoms with Gasteiger partial charge in [0.1, 0.15) is 23.5 Å². The summed E-state index contributed by atoms with van der Waals surface area (Å²) in [6.45, 7) is 4.20. The van der Waals surface area contributed by atoms with Gasteiger partial charge in [-0.05, 0) is 64.1 Å². The first-order valence-electron chi connectivity index (χ1n) is 14.8. The summed E-state index contributed by atoms with van der Waals surface area (Å²) in [6.07, 6.45) is -4.38. The van der Waals surface area contributed by atoms with E-state index in [4.69, 9.17) is 10.5 Å². The van der Waals surface area contributed by atoms with Gasteiger partial charge in [0.25, 0.3) is 6.08 Å².